The summed E-state index contributed by atoms with van der Waals surface area (Å²) < 4.78 is 53.0. The van der Waals surface area contributed by atoms with Crippen LogP contribution in [0.1, 0.15) is 382 Å². The van der Waals surface area contributed by atoms with E-state index in [1.165, 1.54) is 19.6 Å². The van der Waals surface area contributed by atoms with Gasteiger partial charge in [0.05, 0.1) is 42.7 Å². The first kappa shape index (κ1) is 130. The monoisotopic (exact) mass is 2120 g/mol. The van der Waals surface area contributed by atoms with E-state index in [1.807, 2.05) is 132 Å². The molecule has 0 radical (unpaired) electrons. The first-order chi connectivity index (χ1) is 69.9. The second-order valence-corrected chi connectivity index (χ2v) is 50.6. The average Bonchev–Trinajstić information content (AvgIpc) is 1.52. The van der Waals surface area contributed by atoms with E-state index in [4.69, 9.17) is 42.6 Å². The summed E-state index contributed by atoms with van der Waals surface area (Å²) in [5.74, 6) is -16.9. The number of Topliss-reactive ketones (excluding diaryl/α,β-unsaturated/α-hetero) is 4. The van der Waals surface area contributed by atoms with Crippen molar-refractivity contribution in [1.82, 2.24) is 19.6 Å². The minimum Gasteiger partial charge on any atom is -0.460 e. The Labute approximate surface area is 899 Å². The standard InChI is InChI=1S/C32H55NO8.C30H51NO7.C29H49NO6.C28H47NO6/c1-18(2)25-15-13-22(7)32(38,41-25)29(35)30(36)33-16-10-9-11-24(33)31(37)40-27(19(3)4)21(6)17-23-14-12-20(5)28(39-8)26(23)34;1-17(2)25-13-11-21(7)30(36,38-25)27(33)28(34)31-14-8-9-23(31)29(35)37-26(18(3)4)20(6)15-22-12-10-19(5)24(32)16-22;1-17(2)20(7)16-21(8)25(19(5)6)35-28(33)23-12-10-11-15-30(23)27(32)26(31)29(34)22(9)13-14-24(36-29)18(3)4;1-16(2)19(7)15-20(8)24(18(5)6)34-27(32)22-11-10-14-29(22)26(31)25(30)28(33)21(9)12-13-23(35-28)17(3)4/h18-28,34,38H,9-17H2,1-8H3;17-26,32,36H,8-16H2,1-7H3;16-20,22-25,34H,10-15H2,1-9H3;15-19,21-24,33H,10-14H2,1-9H3/b;;21-16+;20-15+/t20-,21-,22-,23+,24+,25?,26+,27+,28+,32-;19-,20-,21-,22+,23+,24-,25?,26+,30-;20-,22-,23+,24?,25+,29-;19-,21-,22+,23?,24+,28-/m1111/s1. The zero-order valence-electron chi connectivity index (χ0n) is 98.1. The molecule has 0 bridgehead atoms. The van der Waals surface area contributed by atoms with Crippen LogP contribution in [-0.2, 0) is 100 Å². The Morgan fingerprint density at radius 1 is 0.333 bits per heavy atom. The largest absolute Gasteiger partial charge is 0.460 e. The van der Waals surface area contributed by atoms with E-state index >= 15 is 0 Å². The van der Waals surface area contributed by atoms with Crippen molar-refractivity contribution in [3.8, 4) is 0 Å². The van der Waals surface area contributed by atoms with E-state index in [-0.39, 0.29) is 140 Å². The second-order valence-electron chi connectivity index (χ2n) is 50.6. The molecule has 8 saturated heterocycles. The first-order valence-electron chi connectivity index (χ1n) is 58.0. The highest BCUT2D eigenvalue weighted by Crippen LogP contribution is 2.46. The van der Waals surface area contributed by atoms with Crippen molar-refractivity contribution in [2.75, 3.05) is 33.3 Å². The number of amides is 4. The van der Waals surface area contributed by atoms with Crippen LogP contribution >= 0.6 is 0 Å². The molecule has 0 aromatic carbocycles. The van der Waals surface area contributed by atoms with Gasteiger partial charge in [0, 0.05) is 57.0 Å². The molecule has 860 valence electrons. The molecule has 2 aliphatic carbocycles. The fourth-order valence-electron chi connectivity index (χ4n) is 24.0. The lowest BCUT2D eigenvalue weighted by molar-refractivity contribution is -0.269. The fourth-order valence-corrected chi connectivity index (χ4v) is 24.0. The number of aliphatic hydroxyl groups is 6. The summed E-state index contributed by atoms with van der Waals surface area (Å²) in [6, 6.07) is -3.43. The molecule has 150 heavy (non-hydrogen) atoms. The van der Waals surface area contributed by atoms with Crippen molar-refractivity contribution in [2.45, 2.75) is 497 Å². The van der Waals surface area contributed by atoms with Gasteiger partial charge in [-0.05, 0) is 292 Å². The highest BCUT2D eigenvalue weighted by atomic mass is 16.7. The molecule has 31 atom stereocenters. The molecule has 31 nitrogen and oxygen atoms in total. The number of carbonyl (C=O) groups is 12. The van der Waals surface area contributed by atoms with Gasteiger partial charge < -0.3 is 92.9 Å². The van der Waals surface area contributed by atoms with Gasteiger partial charge in [0.25, 0.3) is 46.8 Å². The Hall–Kier alpha value is -6.52. The Morgan fingerprint density at radius 2 is 0.613 bits per heavy atom. The molecule has 4 unspecified atom stereocenters. The first-order valence-corrected chi connectivity index (χ1v) is 58.0. The van der Waals surface area contributed by atoms with Crippen LogP contribution in [0.4, 0.5) is 0 Å². The molecule has 0 spiro atoms. The molecular weight excluding hydrogens is 1920 g/mol. The summed E-state index contributed by atoms with van der Waals surface area (Å²) in [4.78, 5) is 166. The minimum atomic E-state index is -2.20. The molecule has 10 fully saturated rings. The molecule has 0 aromatic heterocycles. The van der Waals surface area contributed by atoms with Crippen molar-refractivity contribution >= 4 is 70.6 Å². The zero-order chi connectivity index (χ0) is 113. The Balaban J connectivity index is 0.000000271. The quantitative estimate of drug-likeness (QED) is 0.0146. The molecule has 10 aliphatic rings. The zero-order valence-corrected chi connectivity index (χ0v) is 98.1. The maximum absolute atomic E-state index is 13.6. The Bertz CT molecular complexity index is 4470. The number of piperidine rings is 2. The predicted molar refractivity (Wildman–Crippen MR) is 574 cm³/mol. The van der Waals surface area contributed by atoms with Crippen LogP contribution in [0.3, 0.4) is 0 Å². The number of methoxy groups -OCH3 is 1. The number of ether oxygens (including phenoxy) is 9. The van der Waals surface area contributed by atoms with Crippen LogP contribution < -0.4 is 0 Å². The molecule has 8 aliphatic heterocycles. The van der Waals surface area contributed by atoms with Crippen molar-refractivity contribution in [3.05, 3.63) is 23.3 Å². The maximum Gasteiger partial charge on any atom is 0.329 e. The van der Waals surface area contributed by atoms with Crippen molar-refractivity contribution in [3.63, 3.8) is 0 Å². The van der Waals surface area contributed by atoms with Crippen molar-refractivity contribution in [1.29, 1.82) is 0 Å². The number of hydrogen-bond donors (Lipinski definition) is 6. The molecule has 31 heteroatoms. The van der Waals surface area contributed by atoms with Crippen molar-refractivity contribution < 1.29 is 131 Å². The van der Waals surface area contributed by atoms with Gasteiger partial charge in [0.15, 0.2) is 0 Å². The van der Waals surface area contributed by atoms with Crippen LogP contribution in [0.25, 0.3) is 0 Å². The molecule has 0 aromatic rings. The predicted octanol–water partition coefficient (Wildman–Crippen LogP) is 17.6. The Morgan fingerprint density at radius 3 is 0.887 bits per heavy atom. The van der Waals surface area contributed by atoms with Gasteiger partial charge in [-0.15, -0.1) is 0 Å². The van der Waals surface area contributed by atoms with Gasteiger partial charge >= 0.3 is 23.9 Å². The van der Waals surface area contributed by atoms with Gasteiger partial charge in [-0.1, -0.05) is 220 Å². The minimum absolute atomic E-state index is 0.0198. The summed E-state index contributed by atoms with van der Waals surface area (Å²) in [7, 11) is 1.64. The molecular formula is C119H202N4O27. The normalized spacial score (nSPS) is 32.9. The number of nitrogens with zero attached hydrogens (tertiary/aromatic N) is 4. The molecule has 4 amide bonds. The van der Waals surface area contributed by atoms with E-state index in [0.29, 0.717) is 125 Å². The summed E-state index contributed by atoms with van der Waals surface area (Å²) in [6.07, 6.45) is 17.6. The third-order valence-electron chi connectivity index (χ3n) is 35.2. The number of aliphatic hydroxyl groups excluding tert-OH is 2. The van der Waals surface area contributed by atoms with E-state index < -0.39 is 166 Å². The number of carbonyl (C=O) groups excluding carboxylic acids is 12. The van der Waals surface area contributed by atoms with E-state index in [1.54, 1.807) is 34.8 Å². The molecule has 10 rings (SSSR count). The number of esters is 4. The number of hydrogen-bond acceptors (Lipinski definition) is 27. The lowest BCUT2D eigenvalue weighted by Crippen LogP contribution is -2.61. The van der Waals surface area contributed by atoms with E-state index in [2.05, 4.69) is 74.5 Å². The smallest absolute Gasteiger partial charge is 0.329 e. The van der Waals surface area contributed by atoms with Crippen LogP contribution in [0.2, 0.25) is 0 Å². The van der Waals surface area contributed by atoms with E-state index in [0.717, 1.165) is 81.8 Å². The molecule has 2 saturated carbocycles. The third-order valence-corrected chi connectivity index (χ3v) is 35.2. The van der Waals surface area contributed by atoms with Crippen LogP contribution in [-0.4, -0.2) is 269 Å². The van der Waals surface area contributed by atoms with Crippen LogP contribution in [0.5, 0.6) is 0 Å². The highest BCUT2D eigenvalue weighted by Gasteiger charge is 2.59. The lowest BCUT2D eigenvalue weighted by atomic mass is 9.73. The van der Waals surface area contributed by atoms with Crippen LogP contribution in [0.15, 0.2) is 23.3 Å². The van der Waals surface area contributed by atoms with Gasteiger partial charge in [-0.3, -0.25) is 38.4 Å². The van der Waals surface area contributed by atoms with Gasteiger partial charge in [-0.2, -0.15) is 0 Å². The summed E-state index contributed by atoms with van der Waals surface area (Å²) >= 11 is 0. The van der Waals surface area contributed by atoms with Gasteiger partial charge in [0.2, 0.25) is 23.1 Å². The second kappa shape index (κ2) is 57.6. The lowest BCUT2D eigenvalue weighted by Gasteiger charge is -2.43. The fraction of sp³-hybridized carbons (Fsp3) is 0.866. The summed E-state index contributed by atoms with van der Waals surface area (Å²) in [6.45, 7) is 64.9. The topological polar surface area (TPSA) is 422 Å². The number of rotatable bonds is 37. The van der Waals surface area contributed by atoms with E-state index in [9.17, 15) is 88.2 Å². The summed E-state index contributed by atoms with van der Waals surface area (Å²) in [5, 5.41) is 66.2. The number of likely N-dealkylation sites (tertiary alicyclic amines) is 4. The molecule has 8 heterocycles. The third kappa shape index (κ3) is 32.9. The summed E-state index contributed by atoms with van der Waals surface area (Å²) in [5.41, 5.74) is 1.97. The molecule has 6 N–H and O–H groups in total. The maximum atomic E-state index is 13.6. The number of allylic oxidation sites excluding steroid dienone is 2. The number of ketones is 4. The van der Waals surface area contributed by atoms with Gasteiger partial charge in [0.1, 0.15) is 48.6 Å². The highest BCUT2D eigenvalue weighted by molar-refractivity contribution is 6.41. The SMILES string of the molecule is C/C(=C\[C@@H](C)C(C)C)[C@@H](OC(=O)[C@@H]1CCCCN1C(=O)C(=O)[C@]1(O)OC(C(C)C)CC[C@H]1C)C(C)C.C/C(=C\[C@@H](C)C(C)C)[C@@H](OC(=O)[C@@H]1CCCN1C(=O)C(=O)[C@]1(O)OC(C(C)C)CC[C@H]1C)C(C)C.CC(C)C1CC[C@@H](C)[C@](O)(C(=O)C(=O)N2CCC[C@H]2C(=O)O[C@@H](C(C)C)[C@H](C)C[C@@H]2CC[C@@H](C)[C@H](O)C2)O1.CO[C@@H]1[C@@H](O)[C@H](C[C@@H](C)[C@@H](OC(=O)[C@@H]2CCCCN2C(=O)C(=O)[C@]2(O)OC(C(C)C)CC[C@H]2C)C(C)C)CC[C@H]1C. The Kier molecular flexibility index (Phi) is 50.1. The van der Waals surface area contributed by atoms with Crippen molar-refractivity contribution in [2.24, 2.45) is 130 Å². The average molecular weight is 2120 g/mol. The van der Waals surface area contributed by atoms with Gasteiger partial charge in [-0.25, -0.2) is 19.2 Å². The van der Waals surface area contributed by atoms with Crippen LogP contribution in [0, 0.1) is 130 Å².